The molecule has 0 saturated carbocycles. The van der Waals surface area contributed by atoms with Gasteiger partial charge in [-0.2, -0.15) is 17.6 Å². The van der Waals surface area contributed by atoms with Gasteiger partial charge in [0.2, 0.25) is 5.24 Å². The van der Waals surface area contributed by atoms with E-state index in [9.17, 15) is 27.2 Å². The Morgan fingerprint density at radius 3 is 2.06 bits per heavy atom. The van der Waals surface area contributed by atoms with Crippen LogP contribution in [-0.2, 0) is 14.3 Å². The lowest BCUT2D eigenvalue weighted by molar-refractivity contribution is -0.323. The number of carbonyl (C=O) groups excluding carboxylic acids is 2. The molecule has 1 amide bonds. The second-order valence-electron chi connectivity index (χ2n) is 2.79. The first-order chi connectivity index (χ1) is 7.06. The van der Waals surface area contributed by atoms with Crippen molar-refractivity contribution >= 4 is 22.8 Å². The number of nitrogens with one attached hydrogen (secondary N) is 1. The molecule has 0 spiro atoms. The predicted octanol–water partition coefficient (Wildman–Crippen LogP) is 1.13. The van der Waals surface area contributed by atoms with Crippen LogP contribution in [0.1, 0.15) is 6.92 Å². The van der Waals surface area contributed by atoms with Gasteiger partial charge >= 0.3 is 17.9 Å². The molecular formula is C7H8ClF4NO3. The minimum atomic E-state index is -5.09. The molecule has 0 rings (SSSR count). The molecule has 0 aliphatic carbocycles. The summed E-state index contributed by atoms with van der Waals surface area (Å²) in [7, 11) is 0.317. The summed E-state index contributed by atoms with van der Waals surface area (Å²) >= 11 is 4.85. The van der Waals surface area contributed by atoms with Crippen LogP contribution in [0, 0.1) is 0 Å². The van der Waals surface area contributed by atoms with E-state index in [1.807, 2.05) is 0 Å². The Hall–Kier alpha value is -0.890. The van der Waals surface area contributed by atoms with Gasteiger partial charge in [0.05, 0.1) is 0 Å². The van der Waals surface area contributed by atoms with Crippen LogP contribution in [0.25, 0.3) is 0 Å². The summed E-state index contributed by atoms with van der Waals surface area (Å²) in [6.07, 6.45) is -4.97. The van der Waals surface area contributed by atoms with E-state index < -0.39 is 29.2 Å². The van der Waals surface area contributed by atoms with Crippen molar-refractivity contribution in [3.8, 4) is 0 Å². The predicted molar refractivity (Wildman–Crippen MR) is 45.4 cm³/mol. The van der Waals surface area contributed by atoms with Gasteiger partial charge in [0.25, 0.3) is 0 Å². The number of methoxy groups -OCH3 is 1. The summed E-state index contributed by atoms with van der Waals surface area (Å²) in [5.74, 6) is -7.44. The Balaban J connectivity index is 4.78. The van der Waals surface area contributed by atoms with Crippen LogP contribution in [0.15, 0.2) is 0 Å². The number of ether oxygens (including phenoxy) is 1. The van der Waals surface area contributed by atoms with Crippen LogP contribution in [0.4, 0.5) is 17.6 Å². The molecule has 0 radical (unpaired) electrons. The van der Waals surface area contributed by atoms with Gasteiger partial charge < -0.3 is 10.1 Å². The van der Waals surface area contributed by atoms with E-state index in [1.165, 1.54) is 5.32 Å². The van der Waals surface area contributed by atoms with Crippen molar-refractivity contribution in [2.75, 3.05) is 7.11 Å². The van der Waals surface area contributed by atoms with E-state index in [1.54, 1.807) is 0 Å². The molecule has 0 fully saturated rings. The van der Waals surface area contributed by atoms with E-state index >= 15 is 0 Å². The molecule has 0 aromatic rings. The molecular weight excluding hydrogens is 258 g/mol. The van der Waals surface area contributed by atoms with Crippen LogP contribution >= 0.6 is 11.6 Å². The molecule has 0 heterocycles. The van der Waals surface area contributed by atoms with Crippen molar-refractivity contribution in [2.45, 2.75) is 25.0 Å². The first-order valence-corrected chi connectivity index (χ1v) is 4.25. The van der Waals surface area contributed by atoms with Gasteiger partial charge in [-0.3, -0.25) is 9.59 Å². The van der Waals surface area contributed by atoms with Gasteiger partial charge in [-0.1, -0.05) is 0 Å². The lowest BCUT2D eigenvalue weighted by atomic mass is 10.2. The second kappa shape index (κ2) is 4.96. The second-order valence-corrected chi connectivity index (χ2v) is 3.17. The van der Waals surface area contributed by atoms with Crippen LogP contribution in [0.3, 0.4) is 0 Å². The molecule has 1 atom stereocenters. The number of carbonyl (C=O) groups is 2. The van der Waals surface area contributed by atoms with Crippen LogP contribution < -0.4 is 5.32 Å². The first-order valence-electron chi connectivity index (χ1n) is 3.87. The molecule has 0 aliphatic rings. The minimum absolute atomic E-state index is 0.317. The Labute approximate surface area is 92.9 Å². The summed E-state index contributed by atoms with van der Waals surface area (Å²) in [6.45, 7) is 0.967. The zero-order valence-electron chi connectivity index (χ0n) is 8.19. The lowest BCUT2D eigenvalue weighted by Gasteiger charge is -2.24. The van der Waals surface area contributed by atoms with Crippen molar-refractivity contribution < 1.29 is 31.9 Å². The van der Waals surface area contributed by atoms with Gasteiger partial charge in [-0.05, 0) is 18.5 Å². The fraction of sp³-hybridized carbons (Fsp3) is 0.714. The van der Waals surface area contributed by atoms with E-state index in [0.717, 1.165) is 6.92 Å². The average molecular weight is 266 g/mol. The number of amides is 1. The van der Waals surface area contributed by atoms with E-state index in [-0.39, 0.29) is 0 Å². The molecule has 94 valence electrons. The Morgan fingerprint density at radius 1 is 1.31 bits per heavy atom. The van der Waals surface area contributed by atoms with Crippen LogP contribution in [-0.4, -0.2) is 36.3 Å². The zero-order chi connectivity index (χ0) is 13.1. The number of hydrogen-bond acceptors (Lipinski definition) is 3. The van der Waals surface area contributed by atoms with E-state index in [2.05, 4.69) is 4.74 Å². The molecule has 1 N–H and O–H groups in total. The van der Waals surface area contributed by atoms with Crippen molar-refractivity contribution in [1.29, 1.82) is 0 Å². The SMILES string of the molecule is COC(F)(F)C(F)(F)C(=O)N[C@H](C)C(=O)Cl. The Kier molecular flexibility index (Phi) is 4.68. The van der Waals surface area contributed by atoms with Crippen LogP contribution in [0.2, 0.25) is 0 Å². The van der Waals surface area contributed by atoms with Gasteiger partial charge in [-0.15, -0.1) is 0 Å². The maximum Gasteiger partial charge on any atom is 0.428 e. The van der Waals surface area contributed by atoms with Crippen molar-refractivity contribution in [3.05, 3.63) is 0 Å². The smallest absolute Gasteiger partial charge is 0.340 e. The van der Waals surface area contributed by atoms with Gasteiger partial charge in [0.1, 0.15) is 6.04 Å². The van der Waals surface area contributed by atoms with Gasteiger partial charge in [-0.25, -0.2) is 0 Å². The molecule has 0 bridgehead atoms. The maximum absolute atomic E-state index is 12.8. The Morgan fingerprint density at radius 2 is 1.75 bits per heavy atom. The van der Waals surface area contributed by atoms with Crippen molar-refractivity contribution in [1.82, 2.24) is 5.32 Å². The summed E-state index contributed by atoms with van der Waals surface area (Å²) in [4.78, 5) is 21.2. The number of hydrogen-bond donors (Lipinski definition) is 1. The average Bonchev–Trinajstić information content (AvgIpc) is 2.16. The van der Waals surface area contributed by atoms with Crippen molar-refractivity contribution in [2.24, 2.45) is 0 Å². The highest BCUT2D eigenvalue weighted by Crippen LogP contribution is 2.34. The maximum atomic E-state index is 12.8. The quantitative estimate of drug-likeness (QED) is 0.599. The fourth-order valence-corrected chi connectivity index (χ4v) is 0.659. The largest absolute Gasteiger partial charge is 0.428 e. The zero-order valence-corrected chi connectivity index (χ0v) is 8.95. The number of halogens is 5. The molecule has 0 unspecified atom stereocenters. The molecule has 0 aliphatic heterocycles. The first kappa shape index (κ1) is 15.1. The Bertz CT molecular complexity index is 297. The van der Waals surface area contributed by atoms with Gasteiger partial charge in [0, 0.05) is 7.11 Å². The van der Waals surface area contributed by atoms with Crippen molar-refractivity contribution in [3.63, 3.8) is 0 Å². The third kappa shape index (κ3) is 3.05. The lowest BCUT2D eigenvalue weighted by Crippen LogP contribution is -2.55. The van der Waals surface area contributed by atoms with E-state index in [4.69, 9.17) is 11.6 Å². The fourth-order valence-electron chi connectivity index (χ4n) is 0.604. The highest BCUT2D eigenvalue weighted by Gasteiger charge is 2.63. The van der Waals surface area contributed by atoms with Gasteiger partial charge in [0.15, 0.2) is 0 Å². The highest BCUT2D eigenvalue weighted by atomic mass is 35.5. The molecule has 16 heavy (non-hydrogen) atoms. The third-order valence-corrected chi connectivity index (χ3v) is 1.92. The topological polar surface area (TPSA) is 55.4 Å². The monoisotopic (exact) mass is 265 g/mol. The third-order valence-electron chi connectivity index (χ3n) is 1.60. The number of rotatable bonds is 5. The molecule has 0 aromatic heterocycles. The standard InChI is InChI=1S/C7H8ClF4NO3/c1-3(4(8)14)13-5(15)6(9,10)7(11,12)16-2/h3H,1-2H3,(H,13,15)/t3-/m1/s1. The summed E-state index contributed by atoms with van der Waals surface area (Å²) in [5, 5.41) is 0.167. The summed E-state index contributed by atoms with van der Waals surface area (Å²) < 4.78 is 53.7. The minimum Gasteiger partial charge on any atom is -0.340 e. The number of alkyl halides is 4. The molecule has 0 saturated heterocycles. The normalized spacial score (nSPS) is 14.4. The molecule has 0 aromatic carbocycles. The molecule has 4 nitrogen and oxygen atoms in total. The highest BCUT2D eigenvalue weighted by molar-refractivity contribution is 6.64. The molecule has 9 heteroatoms. The summed E-state index contributed by atoms with van der Waals surface area (Å²) in [5.41, 5.74) is 0. The van der Waals surface area contributed by atoms with Crippen LogP contribution in [0.5, 0.6) is 0 Å². The summed E-state index contributed by atoms with van der Waals surface area (Å²) in [6, 6.07) is -1.51. The van der Waals surface area contributed by atoms with E-state index in [0.29, 0.717) is 7.11 Å².